The molecule has 0 aliphatic heterocycles. The number of rotatable bonds is 7. The fourth-order valence-electron chi connectivity index (χ4n) is 2.14. The molecule has 0 N–H and O–H groups in total. The van der Waals surface area contributed by atoms with Crippen molar-refractivity contribution < 1.29 is 21.8 Å². The average Bonchev–Trinajstić information content (AvgIpc) is 2.59. The summed E-state index contributed by atoms with van der Waals surface area (Å²) in [5.74, 6) is 0.297. The van der Waals surface area contributed by atoms with Crippen molar-refractivity contribution in [3.63, 3.8) is 0 Å². The second-order valence-corrected chi connectivity index (χ2v) is 14.7. The Bertz CT molecular complexity index is 924. The van der Waals surface area contributed by atoms with E-state index in [4.69, 9.17) is 8.61 Å². The predicted octanol–water partition coefficient (Wildman–Crippen LogP) is 4.97. The molecular formula is C21H28O5SSi. The molecule has 0 aliphatic carbocycles. The molecule has 0 spiro atoms. The minimum Gasteiger partial charge on any atom is -0.544 e. The van der Waals surface area contributed by atoms with E-state index in [0.29, 0.717) is 11.3 Å². The first-order chi connectivity index (χ1) is 12.8. The fourth-order valence-corrected chi connectivity index (χ4v) is 4.04. The second kappa shape index (κ2) is 8.19. The van der Waals surface area contributed by atoms with Gasteiger partial charge in [0, 0.05) is 5.56 Å². The summed E-state index contributed by atoms with van der Waals surface area (Å²) in [7, 11) is -5.93. The van der Waals surface area contributed by atoms with Gasteiger partial charge in [0.25, 0.3) is 10.1 Å². The Morgan fingerprint density at radius 2 is 1.50 bits per heavy atom. The minimum absolute atomic E-state index is 0.0315. The topological polar surface area (TPSA) is 69.7 Å². The molecule has 28 heavy (non-hydrogen) atoms. The number of hydrogen-bond donors (Lipinski definition) is 0. The number of benzene rings is 2. The number of carbonyl (C=O) groups excluding carboxylic acids is 1. The molecule has 0 saturated carbocycles. The number of ketones is 1. The Kier molecular flexibility index (Phi) is 6.53. The molecule has 0 bridgehead atoms. The lowest BCUT2D eigenvalue weighted by Gasteiger charge is -2.36. The van der Waals surface area contributed by atoms with Crippen LogP contribution < -0.4 is 4.43 Å². The SMILES string of the molecule is Cc1ccc(S(=O)(=O)OCC(=O)c2ccc(O[Si](C)(C)C(C)(C)C)cc2)cc1. The van der Waals surface area contributed by atoms with Crippen LogP contribution in [0.15, 0.2) is 53.4 Å². The summed E-state index contributed by atoms with van der Waals surface area (Å²) in [6.45, 7) is 12.1. The smallest absolute Gasteiger partial charge is 0.297 e. The third-order valence-electron chi connectivity index (χ3n) is 5.01. The van der Waals surface area contributed by atoms with Gasteiger partial charge in [0.1, 0.15) is 12.4 Å². The maximum absolute atomic E-state index is 12.3. The summed E-state index contributed by atoms with van der Waals surface area (Å²) in [5, 5.41) is 0.0691. The van der Waals surface area contributed by atoms with Gasteiger partial charge in [-0.3, -0.25) is 8.98 Å². The van der Waals surface area contributed by atoms with Crippen LogP contribution in [0.2, 0.25) is 18.1 Å². The van der Waals surface area contributed by atoms with Gasteiger partial charge in [-0.15, -0.1) is 0 Å². The van der Waals surface area contributed by atoms with E-state index >= 15 is 0 Å². The van der Waals surface area contributed by atoms with Crippen molar-refractivity contribution in [2.75, 3.05) is 6.61 Å². The van der Waals surface area contributed by atoms with E-state index in [1.165, 1.54) is 12.1 Å². The highest BCUT2D eigenvalue weighted by molar-refractivity contribution is 7.86. The lowest BCUT2D eigenvalue weighted by atomic mass is 10.1. The predicted molar refractivity (Wildman–Crippen MR) is 113 cm³/mol. The van der Waals surface area contributed by atoms with E-state index < -0.39 is 30.8 Å². The zero-order valence-electron chi connectivity index (χ0n) is 17.3. The van der Waals surface area contributed by atoms with Crippen LogP contribution in [0.5, 0.6) is 5.75 Å². The van der Waals surface area contributed by atoms with Gasteiger partial charge in [0.15, 0.2) is 5.78 Å². The highest BCUT2D eigenvalue weighted by Crippen LogP contribution is 2.37. The van der Waals surface area contributed by atoms with Crippen molar-refractivity contribution in [1.29, 1.82) is 0 Å². The number of carbonyl (C=O) groups is 1. The molecule has 0 unspecified atom stereocenters. The Balaban J connectivity index is 2.02. The average molecular weight is 421 g/mol. The summed E-state index contributed by atoms with van der Waals surface area (Å²) in [6, 6.07) is 13.0. The maximum atomic E-state index is 12.3. The molecule has 0 radical (unpaired) electrons. The van der Waals surface area contributed by atoms with Crippen molar-refractivity contribution in [2.45, 2.75) is 50.7 Å². The second-order valence-electron chi connectivity index (χ2n) is 8.34. The Morgan fingerprint density at radius 3 is 2.00 bits per heavy atom. The molecule has 5 nitrogen and oxygen atoms in total. The van der Waals surface area contributed by atoms with Gasteiger partial charge >= 0.3 is 0 Å². The summed E-state index contributed by atoms with van der Waals surface area (Å²) >= 11 is 0. The molecule has 0 atom stereocenters. The van der Waals surface area contributed by atoms with Crippen LogP contribution in [0.25, 0.3) is 0 Å². The first kappa shape index (κ1) is 22.3. The van der Waals surface area contributed by atoms with Crippen LogP contribution in [-0.4, -0.2) is 29.1 Å². The minimum atomic E-state index is -3.97. The van der Waals surface area contributed by atoms with Crippen molar-refractivity contribution in [1.82, 2.24) is 0 Å². The lowest BCUT2D eigenvalue weighted by molar-refractivity contribution is 0.0924. The van der Waals surface area contributed by atoms with Crippen molar-refractivity contribution >= 4 is 24.2 Å². The van der Waals surface area contributed by atoms with Gasteiger partial charge in [-0.25, -0.2) is 0 Å². The molecule has 0 amide bonds. The Hall–Kier alpha value is -1.96. The molecule has 7 heteroatoms. The van der Waals surface area contributed by atoms with Crippen molar-refractivity contribution in [3.8, 4) is 5.75 Å². The van der Waals surface area contributed by atoms with E-state index in [-0.39, 0.29) is 9.93 Å². The van der Waals surface area contributed by atoms with E-state index in [1.807, 2.05) is 6.92 Å². The van der Waals surface area contributed by atoms with E-state index in [2.05, 4.69) is 33.9 Å². The normalized spacial score (nSPS) is 12.6. The number of Topliss-reactive ketones (excluding diaryl/α,β-unsaturated/α-hetero) is 1. The quantitative estimate of drug-likeness (QED) is 0.359. The van der Waals surface area contributed by atoms with Gasteiger partial charge in [-0.1, -0.05) is 38.5 Å². The first-order valence-corrected chi connectivity index (χ1v) is 13.4. The molecule has 0 saturated heterocycles. The number of hydrogen-bond acceptors (Lipinski definition) is 5. The van der Waals surface area contributed by atoms with Crippen LogP contribution in [0, 0.1) is 6.92 Å². The fraction of sp³-hybridized carbons (Fsp3) is 0.381. The van der Waals surface area contributed by atoms with Gasteiger partial charge < -0.3 is 4.43 Å². The zero-order valence-corrected chi connectivity index (χ0v) is 19.1. The zero-order chi connectivity index (χ0) is 21.2. The van der Waals surface area contributed by atoms with Gasteiger partial charge in [-0.2, -0.15) is 8.42 Å². The van der Waals surface area contributed by atoms with E-state index in [0.717, 1.165) is 5.56 Å². The summed E-state index contributed by atoms with van der Waals surface area (Å²) in [5.41, 5.74) is 1.32. The van der Waals surface area contributed by atoms with Gasteiger partial charge in [-0.05, 0) is 61.5 Å². The molecule has 2 aromatic rings. The molecular weight excluding hydrogens is 392 g/mol. The Labute approximate surface area is 169 Å². The van der Waals surface area contributed by atoms with E-state index in [9.17, 15) is 13.2 Å². The van der Waals surface area contributed by atoms with Crippen LogP contribution in [0.4, 0.5) is 0 Å². The maximum Gasteiger partial charge on any atom is 0.297 e. The molecule has 0 heterocycles. The van der Waals surface area contributed by atoms with Crippen LogP contribution >= 0.6 is 0 Å². The third-order valence-corrected chi connectivity index (χ3v) is 10.6. The van der Waals surface area contributed by atoms with Crippen LogP contribution in [0.1, 0.15) is 36.7 Å². The van der Waals surface area contributed by atoms with Crippen LogP contribution in [0.3, 0.4) is 0 Å². The first-order valence-electron chi connectivity index (χ1n) is 9.10. The molecule has 0 aliphatic rings. The molecule has 2 aromatic carbocycles. The third kappa shape index (κ3) is 5.53. The molecule has 2 rings (SSSR count). The summed E-state index contributed by atoms with van der Waals surface area (Å²) < 4.78 is 35.5. The molecule has 0 fully saturated rings. The lowest BCUT2D eigenvalue weighted by Crippen LogP contribution is -2.43. The van der Waals surface area contributed by atoms with Gasteiger partial charge in [0.2, 0.25) is 8.32 Å². The van der Waals surface area contributed by atoms with Crippen molar-refractivity contribution in [3.05, 3.63) is 59.7 Å². The summed E-state index contributed by atoms with van der Waals surface area (Å²) in [6.07, 6.45) is 0. The van der Waals surface area contributed by atoms with Crippen LogP contribution in [-0.2, 0) is 14.3 Å². The Morgan fingerprint density at radius 1 is 0.964 bits per heavy atom. The standard InChI is InChI=1S/C21H28O5SSi/c1-16-7-13-19(14-8-16)27(23,24)25-15-20(22)17-9-11-18(12-10-17)26-28(5,6)21(2,3)4/h7-14H,15H2,1-6H3. The highest BCUT2D eigenvalue weighted by atomic mass is 32.2. The molecule has 0 aromatic heterocycles. The molecule has 152 valence electrons. The number of aryl methyl sites for hydroxylation is 1. The largest absolute Gasteiger partial charge is 0.544 e. The summed E-state index contributed by atoms with van der Waals surface area (Å²) in [4.78, 5) is 12.3. The van der Waals surface area contributed by atoms with Gasteiger partial charge in [0.05, 0.1) is 4.90 Å². The van der Waals surface area contributed by atoms with E-state index in [1.54, 1.807) is 36.4 Å². The van der Waals surface area contributed by atoms with Crippen molar-refractivity contribution in [2.24, 2.45) is 0 Å². The monoisotopic (exact) mass is 420 g/mol. The highest BCUT2D eigenvalue weighted by Gasteiger charge is 2.38.